The van der Waals surface area contributed by atoms with Crippen LogP contribution in [0.25, 0.3) is 10.9 Å². The number of hydrogen-bond donors (Lipinski definition) is 2. The van der Waals surface area contributed by atoms with Gasteiger partial charge in [-0.05, 0) is 18.4 Å². The number of carbonyl (C=O) groups is 1. The van der Waals surface area contributed by atoms with Gasteiger partial charge in [0.05, 0.1) is 17.4 Å². The van der Waals surface area contributed by atoms with Gasteiger partial charge in [0.1, 0.15) is 0 Å². The summed E-state index contributed by atoms with van der Waals surface area (Å²) >= 11 is 0. The van der Waals surface area contributed by atoms with Gasteiger partial charge in [-0.2, -0.15) is 5.10 Å². The molecule has 1 fully saturated rings. The Morgan fingerprint density at radius 2 is 2.38 bits per heavy atom. The predicted octanol–water partition coefficient (Wildman–Crippen LogP) is 2.16. The number of carbonyl (C=O) groups excluding carboxylic acids is 1. The summed E-state index contributed by atoms with van der Waals surface area (Å²) in [4.78, 5) is 11.8. The second-order valence-electron chi connectivity index (χ2n) is 4.45. The lowest BCUT2D eigenvalue weighted by atomic mass is 10.2. The van der Waals surface area contributed by atoms with E-state index in [0.717, 1.165) is 23.0 Å². The van der Waals surface area contributed by atoms with Crippen LogP contribution in [0.3, 0.4) is 0 Å². The van der Waals surface area contributed by atoms with E-state index < -0.39 is 0 Å². The molecule has 2 atom stereocenters. The van der Waals surface area contributed by atoms with E-state index in [2.05, 4.69) is 22.4 Å². The molecule has 1 aliphatic rings. The monoisotopic (exact) mass is 215 g/mol. The third-order valence-electron chi connectivity index (χ3n) is 3.18. The number of nitrogens with zero attached hydrogens (tertiary/aromatic N) is 1. The lowest BCUT2D eigenvalue weighted by molar-refractivity contribution is -0.117. The molecule has 1 aromatic carbocycles. The Balaban J connectivity index is 1.88. The van der Waals surface area contributed by atoms with Crippen LogP contribution < -0.4 is 5.32 Å². The zero-order valence-electron chi connectivity index (χ0n) is 9.03. The highest BCUT2D eigenvalue weighted by molar-refractivity contribution is 6.01. The second kappa shape index (κ2) is 3.33. The molecule has 0 radical (unpaired) electrons. The van der Waals surface area contributed by atoms with Gasteiger partial charge in [0.2, 0.25) is 5.91 Å². The van der Waals surface area contributed by atoms with Crippen molar-refractivity contribution in [2.45, 2.75) is 13.3 Å². The molecule has 1 saturated carbocycles. The number of fused-ring (bicyclic) bond motifs is 1. The first-order valence-electron chi connectivity index (χ1n) is 5.48. The van der Waals surface area contributed by atoms with Crippen LogP contribution in [0.5, 0.6) is 0 Å². The standard InChI is InChI=1S/C12H13N3O/c1-7-5-9(7)12(16)14-10-4-2-3-8-6-13-15-11(8)10/h2-4,6-7,9H,5H2,1H3,(H,13,15)(H,14,16). The fraction of sp³-hybridized carbons (Fsp3) is 0.333. The van der Waals surface area contributed by atoms with Gasteiger partial charge in [0.25, 0.3) is 0 Å². The molecule has 0 aliphatic heterocycles. The van der Waals surface area contributed by atoms with Crippen LogP contribution in [0, 0.1) is 11.8 Å². The molecule has 1 aromatic heterocycles. The Bertz CT molecular complexity index is 546. The summed E-state index contributed by atoms with van der Waals surface area (Å²) in [7, 11) is 0. The number of rotatable bonds is 2. The van der Waals surface area contributed by atoms with Crippen LogP contribution in [0.1, 0.15) is 13.3 Å². The molecular formula is C12H13N3O. The minimum Gasteiger partial charge on any atom is -0.324 e. The fourth-order valence-corrected chi connectivity index (χ4v) is 1.99. The maximum absolute atomic E-state index is 11.8. The average Bonchev–Trinajstić information content (AvgIpc) is 2.81. The highest BCUT2D eigenvalue weighted by Crippen LogP contribution is 2.38. The van der Waals surface area contributed by atoms with E-state index in [-0.39, 0.29) is 11.8 Å². The van der Waals surface area contributed by atoms with Gasteiger partial charge in [0.15, 0.2) is 0 Å². The predicted molar refractivity (Wildman–Crippen MR) is 62.0 cm³/mol. The fourth-order valence-electron chi connectivity index (χ4n) is 1.99. The largest absolute Gasteiger partial charge is 0.324 e. The van der Waals surface area contributed by atoms with Crippen molar-refractivity contribution in [3.63, 3.8) is 0 Å². The third-order valence-corrected chi connectivity index (χ3v) is 3.18. The minimum atomic E-state index is 0.120. The summed E-state index contributed by atoms with van der Waals surface area (Å²) in [5, 5.41) is 10.8. The Morgan fingerprint density at radius 1 is 1.56 bits per heavy atom. The zero-order chi connectivity index (χ0) is 11.1. The van der Waals surface area contributed by atoms with E-state index in [1.165, 1.54) is 0 Å². The molecule has 0 saturated heterocycles. The van der Waals surface area contributed by atoms with Crippen LogP contribution in [0.4, 0.5) is 5.69 Å². The second-order valence-corrected chi connectivity index (χ2v) is 4.45. The van der Waals surface area contributed by atoms with E-state index in [1.807, 2.05) is 18.2 Å². The molecule has 2 N–H and O–H groups in total. The van der Waals surface area contributed by atoms with Crippen LogP contribution >= 0.6 is 0 Å². The maximum Gasteiger partial charge on any atom is 0.227 e. The average molecular weight is 215 g/mol. The lowest BCUT2D eigenvalue weighted by Gasteiger charge is -2.05. The summed E-state index contributed by atoms with van der Waals surface area (Å²) in [6.45, 7) is 2.10. The summed E-state index contributed by atoms with van der Waals surface area (Å²) in [5.74, 6) is 0.841. The van der Waals surface area contributed by atoms with Crippen LogP contribution in [-0.4, -0.2) is 16.1 Å². The molecule has 2 unspecified atom stereocenters. The van der Waals surface area contributed by atoms with Gasteiger partial charge in [-0.15, -0.1) is 0 Å². The Hall–Kier alpha value is -1.84. The number of H-pyrrole nitrogens is 1. The van der Waals surface area contributed by atoms with Crippen molar-refractivity contribution >= 4 is 22.5 Å². The Morgan fingerprint density at radius 3 is 3.12 bits per heavy atom. The SMILES string of the molecule is CC1CC1C(=O)Nc1cccc2cn[nH]c12. The number of aromatic nitrogens is 2. The van der Waals surface area contributed by atoms with E-state index in [4.69, 9.17) is 0 Å². The molecule has 82 valence electrons. The zero-order valence-corrected chi connectivity index (χ0v) is 9.03. The van der Waals surface area contributed by atoms with Gasteiger partial charge in [0, 0.05) is 11.3 Å². The first-order chi connectivity index (χ1) is 7.75. The van der Waals surface area contributed by atoms with Gasteiger partial charge >= 0.3 is 0 Å². The molecule has 0 spiro atoms. The quantitative estimate of drug-likeness (QED) is 0.806. The highest BCUT2D eigenvalue weighted by Gasteiger charge is 2.39. The van der Waals surface area contributed by atoms with Crippen LogP contribution in [-0.2, 0) is 4.79 Å². The Kier molecular flexibility index (Phi) is 1.96. The number of nitrogens with one attached hydrogen (secondary N) is 2. The first-order valence-corrected chi connectivity index (χ1v) is 5.48. The number of para-hydroxylation sites is 1. The third kappa shape index (κ3) is 1.46. The van der Waals surface area contributed by atoms with Crippen molar-refractivity contribution in [3.8, 4) is 0 Å². The van der Waals surface area contributed by atoms with Crippen molar-refractivity contribution in [1.29, 1.82) is 0 Å². The van der Waals surface area contributed by atoms with Crippen molar-refractivity contribution in [2.24, 2.45) is 11.8 Å². The number of anilines is 1. The highest BCUT2D eigenvalue weighted by atomic mass is 16.2. The molecule has 1 amide bonds. The van der Waals surface area contributed by atoms with E-state index in [9.17, 15) is 4.79 Å². The number of aromatic amines is 1. The molecule has 1 heterocycles. The smallest absolute Gasteiger partial charge is 0.227 e. The van der Waals surface area contributed by atoms with Gasteiger partial charge in [-0.3, -0.25) is 9.89 Å². The van der Waals surface area contributed by atoms with Gasteiger partial charge < -0.3 is 5.32 Å². The van der Waals surface area contributed by atoms with Gasteiger partial charge in [-0.1, -0.05) is 19.1 Å². The topological polar surface area (TPSA) is 57.8 Å². The molecular weight excluding hydrogens is 202 g/mol. The minimum absolute atomic E-state index is 0.120. The van der Waals surface area contributed by atoms with Crippen molar-refractivity contribution in [1.82, 2.24) is 10.2 Å². The molecule has 2 aromatic rings. The van der Waals surface area contributed by atoms with Crippen LogP contribution in [0.15, 0.2) is 24.4 Å². The number of benzene rings is 1. The van der Waals surface area contributed by atoms with Crippen molar-refractivity contribution in [3.05, 3.63) is 24.4 Å². The van der Waals surface area contributed by atoms with E-state index in [0.29, 0.717) is 5.92 Å². The number of hydrogen-bond acceptors (Lipinski definition) is 2. The summed E-state index contributed by atoms with van der Waals surface area (Å²) in [6, 6.07) is 5.78. The van der Waals surface area contributed by atoms with Crippen LogP contribution in [0.2, 0.25) is 0 Å². The van der Waals surface area contributed by atoms with E-state index in [1.54, 1.807) is 6.20 Å². The molecule has 4 heteroatoms. The summed E-state index contributed by atoms with van der Waals surface area (Å²) < 4.78 is 0. The summed E-state index contributed by atoms with van der Waals surface area (Å²) in [5.41, 5.74) is 1.71. The molecule has 1 aliphatic carbocycles. The lowest BCUT2D eigenvalue weighted by Crippen LogP contribution is -2.14. The number of amides is 1. The van der Waals surface area contributed by atoms with Gasteiger partial charge in [-0.25, -0.2) is 0 Å². The molecule has 3 rings (SSSR count). The first kappa shape index (κ1) is 9.39. The maximum atomic E-state index is 11.8. The molecule has 4 nitrogen and oxygen atoms in total. The summed E-state index contributed by atoms with van der Waals surface area (Å²) in [6.07, 6.45) is 2.76. The normalized spacial score (nSPS) is 23.3. The van der Waals surface area contributed by atoms with E-state index >= 15 is 0 Å². The molecule has 16 heavy (non-hydrogen) atoms. The Labute approximate surface area is 93.0 Å². The van der Waals surface area contributed by atoms with Crippen molar-refractivity contribution in [2.75, 3.05) is 5.32 Å². The van der Waals surface area contributed by atoms with Crippen molar-refractivity contribution < 1.29 is 4.79 Å². The molecule has 0 bridgehead atoms.